The first-order chi connectivity index (χ1) is 12.3. The first-order valence-corrected chi connectivity index (χ1v) is 9.03. The van der Waals surface area contributed by atoms with Gasteiger partial charge in [-0.05, 0) is 35.4 Å². The quantitative estimate of drug-likeness (QED) is 0.571. The van der Waals surface area contributed by atoms with E-state index in [-0.39, 0.29) is 0 Å². The van der Waals surface area contributed by atoms with E-state index in [9.17, 15) is 0 Å². The zero-order valence-corrected chi connectivity index (χ0v) is 14.7. The summed E-state index contributed by atoms with van der Waals surface area (Å²) in [5.41, 5.74) is 9.44. The van der Waals surface area contributed by atoms with E-state index in [2.05, 4.69) is 40.6 Å². The molecule has 1 fully saturated rings. The van der Waals surface area contributed by atoms with Crippen LogP contribution in [0.25, 0.3) is 0 Å². The van der Waals surface area contributed by atoms with Gasteiger partial charge in [0.15, 0.2) is 5.96 Å². The minimum atomic E-state index is 0.539. The molecule has 0 bridgehead atoms. The van der Waals surface area contributed by atoms with Crippen molar-refractivity contribution in [3.05, 3.63) is 71.3 Å². The molecular weight excluding hydrogens is 310 g/mol. The second kappa shape index (κ2) is 9.23. The number of ether oxygens (including phenoxy) is 1. The molecule has 4 heteroatoms. The summed E-state index contributed by atoms with van der Waals surface area (Å²) in [6.07, 6.45) is 3.97. The maximum atomic E-state index is 5.95. The summed E-state index contributed by atoms with van der Waals surface area (Å²) in [5, 5.41) is 3.22. The molecule has 0 spiro atoms. The molecule has 2 aromatic rings. The van der Waals surface area contributed by atoms with Crippen LogP contribution in [-0.4, -0.2) is 12.5 Å². The van der Waals surface area contributed by atoms with Gasteiger partial charge < -0.3 is 15.8 Å². The highest BCUT2D eigenvalue weighted by atomic mass is 16.5. The SMILES string of the molecule is NC(=NCc1cccc(COCc2ccccc2)c1)NCC1CCC1. The van der Waals surface area contributed by atoms with Crippen molar-refractivity contribution in [1.29, 1.82) is 0 Å². The second-order valence-electron chi connectivity index (χ2n) is 6.68. The van der Waals surface area contributed by atoms with E-state index < -0.39 is 0 Å². The first kappa shape index (κ1) is 17.5. The van der Waals surface area contributed by atoms with E-state index in [1.54, 1.807) is 0 Å². The molecule has 3 rings (SSSR count). The summed E-state index contributed by atoms with van der Waals surface area (Å²) in [5.74, 6) is 1.32. The van der Waals surface area contributed by atoms with Gasteiger partial charge in [-0.2, -0.15) is 0 Å². The van der Waals surface area contributed by atoms with Crippen molar-refractivity contribution in [2.24, 2.45) is 16.6 Å². The number of guanidine groups is 1. The Morgan fingerprint density at radius 3 is 2.48 bits per heavy atom. The largest absolute Gasteiger partial charge is 0.372 e. The minimum absolute atomic E-state index is 0.539. The number of benzene rings is 2. The maximum absolute atomic E-state index is 5.95. The molecule has 0 unspecified atom stereocenters. The Morgan fingerprint density at radius 2 is 1.72 bits per heavy atom. The third kappa shape index (κ3) is 5.91. The number of nitrogens with two attached hydrogens (primary N) is 1. The summed E-state index contributed by atoms with van der Waals surface area (Å²) in [7, 11) is 0. The summed E-state index contributed by atoms with van der Waals surface area (Å²) in [6, 6.07) is 18.5. The van der Waals surface area contributed by atoms with Gasteiger partial charge in [-0.3, -0.25) is 0 Å². The third-order valence-electron chi connectivity index (χ3n) is 4.60. The number of aliphatic imine (C=N–C) groups is 1. The molecular formula is C21H27N3O. The van der Waals surface area contributed by atoms with E-state index in [0.29, 0.717) is 25.7 Å². The van der Waals surface area contributed by atoms with Crippen molar-refractivity contribution in [3.63, 3.8) is 0 Å². The molecule has 3 N–H and O–H groups in total. The number of hydrogen-bond acceptors (Lipinski definition) is 2. The molecule has 0 atom stereocenters. The predicted molar refractivity (Wildman–Crippen MR) is 102 cm³/mol. The predicted octanol–water partition coefficient (Wildman–Crippen LogP) is 3.61. The van der Waals surface area contributed by atoms with Crippen LogP contribution in [0.15, 0.2) is 59.6 Å². The molecule has 1 saturated carbocycles. The van der Waals surface area contributed by atoms with Crippen molar-refractivity contribution in [1.82, 2.24) is 5.32 Å². The lowest BCUT2D eigenvalue weighted by Crippen LogP contribution is -2.37. The average molecular weight is 337 g/mol. The summed E-state index contributed by atoms with van der Waals surface area (Å²) >= 11 is 0. The van der Waals surface area contributed by atoms with E-state index in [1.165, 1.54) is 24.8 Å². The lowest BCUT2D eigenvalue weighted by molar-refractivity contribution is 0.107. The van der Waals surface area contributed by atoms with Gasteiger partial charge in [0.1, 0.15) is 0 Å². The number of rotatable bonds is 8. The number of nitrogens with zero attached hydrogens (tertiary/aromatic N) is 1. The molecule has 0 aliphatic heterocycles. The van der Waals surface area contributed by atoms with Crippen molar-refractivity contribution >= 4 is 5.96 Å². The maximum Gasteiger partial charge on any atom is 0.188 e. The van der Waals surface area contributed by atoms with E-state index in [4.69, 9.17) is 10.5 Å². The van der Waals surface area contributed by atoms with Crippen LogP contribution in [0.1, 0.15) is 36.0 Å². The van der Waals surface area contributed by atoms with Crippen LogP contribution in [0.5, 0.6) is 0 Å². The van der Waals surface area contributed by atoms with Crippen LogP contribution in [0.4, 0.5) is 0 Å². The molecule has 0 heterocycles. The van der Waals surface area contributed by atoms with Gasteiger partial charge in [0.25, 0.3) is 0 Å². The molecule has 0 radical (unpaired) electrons. The van der Waals surface area contributed by atoms with Gasteiger partial charge in [-0.15, -0.1) is 0 Å². The van der Waals surface area contributed by atoms with Crippen LogP contribution in [0, 0.1) is 5.92 Å². The molecule has 0 amide bonds. The van der Waals surface area contributed by atoms with Gasteiger partial charge in [0.05, 0.1) is 19.8 Å². The van der Waals surface area contributed by atoms with Crippen molar-refractivity contribution in [2.45, 2.75) is 39.0 Å². The fourth-order valence-electron chi connectivity index (χ4n) is 2.86. The smallest absolute Gasteiger partial charge is 0.188 e. The van der Waals surface area contributed by atoms with Crippen LogP contribution >= 0.6 is 0 Å². The molecule has 25 heavy (non-hydrogen) atoms. The number of hydrogen-bond donors (Lipinski definition) is 2. The summed E-state index contributed by atoms with van der Waals surface area (Å²) in [6.45, 7) is 2.77. The van der Waals surface area contributed by atoms with Crippen LogP contribution in [-0.2, 0) is 24.5 Å². The monoisotopic (exact) mass is 337 g/mol. The molecule has 2 aromatic carbocycles. The molecule has 1 aliphatic rings. The Labute approximate surface area is 150 Å². The molecule has 4 nitrogen and oxygen atoms in total. The second-order valence-corrected chi connectivity index (χ2v) is 6.68. The highest BCUT2D eigenvalue weighted by molar-refractivity contribution is 5.77. The Hall–Kier alpha value is -2.33. The van der Waals surface area contributed by atoms with Gasteiger partial charge in [-0.1, -0.05) is 61.0 Å². The molecule has 132 valence electrons. The highest BCUT2D eigenvalue weighted by Crippen LogP contribution is 2.24. The van der Waals surface area contributed by atoms with E-state index in [0.717, 1.165) is 23.6 Å². The fraction of sp³-hybridized carbons (Fsp3) is 0.381. The normalized spacial score (nSPS) is 15.0. The van der Waals surface area contributed by atoms with Gasteiger partial charge in [0, 0.05) is 6.54 Å². The van der Waals surface area contributed by atoms with Crippen LogP contribution in [0.3, 0.4) is 0 Å². The zero-order chi connectivity index (χ0) is 17.3. The fourth-order valence-corrected chi connectivity index (χ4v) is 2.86. The Kier molecular flexibility index (Phi) is 6.46. The van der Waals surface area contributed by atoms with E-state index >= 15 is 0 Å². The number of nitrogens with one attached hydrogen (secondary N) is 1. The lowest BCUT2D eigenvalue weighted by Gasteiger charge is -2.25. The molecule has 0 aromatic heterocycles. The summed E-state index contributed by atoms with van der Waals surface area (Å²) < 4.78 is 5.80. The van der Waals surface area contributed by atoms with Crippen LogP contribution in [0.2, 0.25) is 0 Å². The highest BCUT2D eigenvalue weighted by Gasteiger charge is 2.16. The zero-order valence-electron chi connectivity index (χ0n) is 14.7. The van der Waals surface area contributed by atoms with Gasteiger partial charge in [0.2, 0.25) is 0 Å². The van der Waals surface area contributed by atoms with Crippen molar-refractivity contribution in [3.8, 4) is 0 Å². The van der Waals surface area contributed by atoms with Gasteiger partial charge in [-0.25, -0.2) is 4.99 Å². The Bertz CT molecular complexity index is 681. The van der Waals surface area contributed by atoms with Gasteiger partial charge >= 0.3 is 0 Å². The first-order valence-electron chi connectivity index (χ1n) is 9.03. The van der Waals surface area contributed by atoms with Crippen molar-refractivity contribution in [2.75, 3.05) is 6.54 Å². The average Bonchev–Trinajstić information content (AvgIpc) is 2.60. The van der Waals surface area contributed by atoms with E-state index in [1.807, 2.05) is 24.3 Å². The third-order valence-corrected chi connectivity index (χ3v) is 4.60. The summed E-state index contributed by atoms with van der Waals surface area (Å²) in [4.78, 5) is 4.44. The molecule has 0 saturated heterocycles. The molecule has 1 aliphatic carbocycles. The lowest BCUT2D eigenvalue weighted by atomic mass is 9.85. The standard InChI is InChI=1S/C21H27N3O/c22-21(23-13-17-8-4-9-17)24-14-19-10-5-11-20(12-19)16-25-15-18-6-2-1-3-7-18/h1-3,5-7,10-12,17H,4,8-9,13-16H2,(H3,22,23,24). The Morgan fingerprint density at radius 1 is 1.00 bits per heavy atom. The Balaban J connectivity index is 1.43. The van der Waals surface area contributed by atoms with Crippen LogP contribution < -0.4 is 11.1 Å². The minimum Gasteiger partial charge on any atom is -0.372 e. The van der Waals surface area contributed by atoms with Crippen molar-refractivity contribution < 1.29 is 4.74 Å². The topological polar surface area (TPSA) is 59.6 Å².